The smallest absolute Gasteiger partial charge is 0.341 e. The van der Waals surface area contributed by atoms with Crippen molar-refractivity contribution >= 4 is 23.1 Å². The molecule has 266 valence electrons. The van der Waals surface area contributed by atoms with Gasteiger partial charge in [-0.1, -0.05) is 72.3 Å². The highest BCUT2D eigenvalue weighted by atomic mass is 35.5. The van der Waals surface area contributed by atoms with Crippen LogP contribution >= 0.6 is 11.6 Å². The number of carbonyl (C=O) groups is 1. The molecule has 0 radical (unpaired) electrons. The highest BCUT2D eigenvalue weighted by Crippen LogP contribution is 2.59. The number of hydrogen-bond donors (Lipinski definition) is 0. The minimum Gasteiger partial charge on any atom is -0.503 e. The van der Waals surface area contributed by atoms with Crippen LogP contribution in [0, 0.1) is 17.1 Å². The van der Waals surface area contributed by atoms with Gasteiger partial charge in [0.2, 0.25) is 11.8 Å². The SMILES string of the molecule is CO/C=C(/C(=O)OC)c1ccccc1Oc1cc(Oc2ccccc2C#N)ncn1.Fc1ccc(C2(Cn3cncn3)OC2c2ccccc2Cl)cc1. The maximum Gasteiger partial charge on any atom is 0.341 e. The van der Waals surface area contributed by atoms with E-state index in [-0.39, 0.29) is 29.3 Å². The van der Waals surface area contributed by atoms with E-state index in [0.29, 0.717) is 34.2 Å². The molecule has 0 spiro atoms. The van der Waals surface area contributed by atoms with E-state index in [2.05, 4.69) is 26.1 Å². The number of para-hydroxylation sites is 2. The van der Waals surface area contributed by atoms with Crippen molar-refractivity contribution in [2.24, 2.45) is 0 Å². The fourth-order valence-electron chi connectivity index (χ4n) is 5.43. The lowest BCUT2D eigenvalue weighted by Crippen LogP contribution is -2.19. The molecule has 14 heteroatoms. The van der Waals surface area contributed by atoms with Gasteiger partial charge in [-0.2, -0.15) is 10.4 Å². The van der Waals surface area contributed by atoms with Crippen LogP contribution in [0.15, 0.2) is 128 Å². The number of nitriles is 1. The third-order valence-corrected chi connectivity index (χ3v) is 8.29. The number of esters is 1. The van der Waals surface area contributed by atoms with Gasteiger partial charge in [-0.3, -0.25) is 0 Å². The second-order valence-corrected chi connectivity index (χ2v) is 11.7. The van der Waals surface area contributed by atoms with Crippen molar-refractivity contribution in [3.8, 4) is 29.3 Å². The van der Waals surface area contributed by atoms with E-state index in [4.69, 9.17) is 35.3 Å². The van der Waals surface area contributed by atoms with Gasteiger partial charge >= 0.3 is 5.97 Å². The highest BCUT2D eigenvalue weighted by molar-refractivity contribution is 6.31. The maximum atomic E-state index is 13.3. The van der Waals surface area contributed by atoms with Crippen LogP contribution in [0.25, 0.3) is 5.57 Å². The van der Waals surface area contributed by atoms with Crippen molar-refractivity contribution in [3.05, 3.63) is 161 Å². The summed E-state index contributed by atoms with van der Waals surface area (Å²) < 4.78 is 42.4. The summed E-state index contributed by atoms with van der Waals surface area (Å²) in [7, 11) is 2.71. The molecular formula is C39H30ClFN6O6. The minimum absolute atomic E-state index is 0.184. The summed E-state index contributed by atoms with van der Waals surface area (Å²) >= 11 is 6.31. The Morgan fingerprint density at radius 3 is 2.30 bits per heavy atom. The van der Waals surface area contributed by atoms with Gasteiger partial charge in [0.05, 0.1) is 38.7 Å². The average Bonchev–Trinajstić information content (AvgIpc) is 3.66. The van der Waals surface area contributed by atoms with Crippen LogP contribution < -0.4 is 9.47 Å². The number of hydrogen-bond acceptors (Lipinski definition) is 11. The third-order valence-electron chi connectivity index (χ3n) is 7.95. The molecule has 1 aliphatic rings. The normalized spacial score (nSPS) is 16.0. The average molecular weight is 733 g/mol. The molecule has 12 nitrogen and oxygen atoms in total. The van der Waals surface area contributed by atoms with Crippen LogP contribution in [0.1, 0.15) is 28.4 Å². The summed E-state index contributed by atoms with van der Waals surface area (Å²) in [5.74, 6) is 0.242. The Balaban J connectivity index is 0.000000187. The van der Waals surface area contributed by atoms with Crippen LogP contribution in [0.5, 0.6) is 23.3 Å². The van der Waals surface area contributed by atoms with E-state index in [9.17, 15) is 14.4 Å². The Morgan fingerprint density at radius 2 is 1.62 bits per heavy atom. The summed E-state index contributed by atoms with van der Waals surface area (Å²) in [4.78, 5) is 24.2. The Labute approximate surface area is 308 Å². The van der Waals surface area contributed by atoms with Gasteiger partial charge in [-0.15, -0.1) is 0 Å². The van der Waals surface area contributed by atoms with E-state index < -0.39 is 11.6 Å². The molecule has 3 heterocycles. The van der Waals surface area contributed by atoms with Crippen LogP contribution in [-0.2, 0) is 31.2 Å². The molecule has 2 aromatic heterocycles. The first-order valence-electron chi connectivity index (χ1n) is 15.9. The van der Waals surface area contributed by atoms with Crippen molar-refractivity contribution in [1.82, 2.24) is 24.7 Å². The number of ether oxygens (including phenoxy) is 5. The number of epoxide rings is 1. The standard InChI is InChI=1S/C22H17N3O5.C17H13ClFN3O/c1-27-13-17(22(26)28-2)16-8-4-6-10-19(16)30-21-11-20(24-14-25-21)29-18-9-5-3-7-15(18)12-23;18-15-4-2-1-3-14(15)16-17(23-16,9-22-11-20-10-21-22)12-5-7-13(19)8-6-12/h3-11,13-14H,1-2H3;1-8,10-11,16H,9H2/b17-13+;. The molecule has 0 bridgehead atoms. The molecule has 1 saturated heterocycles. The Morgan fingerprint density at radius 1 is 0.943 bits per heavy atom. The first-order valence-corrected chi connectivity index (χ1v) is 16.3. The van der Waals surface area contributed by atoms with Crippen LogP contribution in [0.2, 0.25) is 5.02 Å². The van der Waals surface area contributed by atoms with Gasteiger partial charge in [0.15, 0.2) is 0 Å². The number of methoxy groups -OCH3 is 2. The number of nitrogens with zero attached hydrogens (tertiary/aromatic N) is 6. The monoisotopic (exact) mass is 732 g/mol. The molecule has 6 aromatic rings. The zero-order valence-electron chi connectivity index (χ0n) is 28.3. The van der Waals surface area contributed by atoms with Crippen molar-refractivity contribution in [1.29, 1.82) is 5.26 Å². The summed E-state index contributed by atoms with van der Waals surface area (Å²) in [6.07, 6.45) is 5.46. The number of halogens is 2. The third kappa shape index (κ3) is 8.48. The molecular weight excluding hydrogens is 703 g/mol. The van der Waals surface area contributed by atoms with Crippen LogP contribution in [-0.4, -0.2) is 44.9 Å². The van der Waals surface area contributed by atoms with Gasteiger partial charge in [0.25, 0.3) is 0 Å². The Hall–Kier alpha value is -6.62. The van der Waals surface area contributed by atoms with Crippen molar-refractivity contribution in [2.75, 3.05) is 14.2 Å². The Bertz CT molecular complexity index is 2260. The lowest BCUT2D eigenvalue weighted by Gasteiger charge is -2.14. The molecule has 4 aromatic carbocycles. The van der Waals surface area contributed by atoms with Crippen molar-refractivity contribution in [2.45, 2.75) is 18.2 Å². The van der Waals surface area contributed by atoms with Gasteiger partial charge in [0.1, 0.15) is 59.6 Å². The van der Waals surface area contributed by atoms with E-state index >= 15 is 0 Å². The number of benzene rings is 4. The van der Waals surface area contributed by atoms with E-state index in [1.807, 2.05) is 24.3 Å². The molecule has 0 N–H and O–H groups in total. The van der Waals surface area contributed by atoms with Gasteiger partial charge in [0, 0.05) is 16.1 Å². The summed E-state index contributed by atoms with van der Waals surface area (Å²) in [5, 5.41) is 14.0. The van der Waals surface area contributed by atoms with Gasteiger partial charge in [-0.25, -0.2) is 28.8 Å². The van der Waals surface area contributed by atoms with Gasteiger partial charge < -0.3 is 23.7 Å². The summed E-state index contributed by atoms with van der Waals surface area (Å²) in [5.41, 5.74) is 2.20. The molecule has 0 saturated carbocycles. The quantitative estimate of drug-likeness (QED) is 0.0556. The van der Waals surface area contributed by atoms with Crippen molar-refractivity contribution < 1.29 is 32.9 Å². The largest absolute Gasteiger partial charge is 0.503 e. The zero-order chi connectivity index (χ0) is 37.2. The van der Waals surface area contributed by atoms with Crippen LogP contribution in [0.4, 0.5) is 4.39 Å². The second-order valence-electron chi connectivity index (χ2n) is 11.3. The molecule has 2 unspecified atom stereocenters. The predicted octanol–water partition coefficient (Wildman–Crippen LogP) is 7.83. The Kier molecular flexibility index (Phi) is 11.3. The molecule has 2 atom stereocenters. The van der Waals surface area contributed by atoms with Gasteiger partial charge in [-0.05, 0) is 42.0 Å². The molecule has 1 aliphatic heterocycles. The number of carbonyl (C=O) groups excluding carboxylic acids is 1. The molecule has 7 rings (SSSR count). The second kappa shape index (κ2) is 16.6. The van der Waals surface area contributed by atoms with Crippen molar-refractivity contribution in [3.63, 3.8) is 0 Å². The maximum absolute atomic E-state index is 13.3. The fraction of sp³-hybridized carbons (Fsp3) is 0.128. The molecule has 0 amide bonds. The molecule has 0 aliphatic carbocycles. The minimum atomic E-state index is -0.619. The first kappa shape index (κ1) is 36.2. The van der Waals surface area contributed by atoms with E-state index in [0.717, 1.165) is 11.1 Å². The first-order chi connectivity index (χ1) is 25.8. The van der Waals surface area contributed by atoms with E-state index in [1.54, 1.807) is 71.7 Å². The fourth-order valence-corrected chi connectivity index (χ4v) is 5.67. The predicted molar refractivity (Wildman–Crippen MR) is 190 cm³/mol. The summed E-state index contributed by atoms with van der Waals surface area (Å²) in [6.45, 7) is 0.481. The lowest BCUT2D eigenvalue weighted by atomic mass is 9.91. The lowest BCUT2D eigenvalue weighted by molar-refractivity contribution is -0.133. The number of rotatable bonds is 11. The van der Waals surface area contributed by atoms with E-state index in [1.165, 1.54) is 51.3 Å². The summed E-state index contributed by atoms with van der Waals surface area (Å²) in [6, 6.07) is 31.1. The zero-order valence-corrected chi connectivity index (χ0v) is 29.1. The molecule has 1 fully saturated rings. The highest BCUT2D eigenvalue weighted by Gasteiger charge is 2.59. The molecule has 53 heavy (non-hydrogen) atoms. The van der Waals surface area contributed by atoms with Crippen LogP contribution in [0.3, 0.4) is 0 Å². The number of aromatic nitrogens is 5. The topological polar surface area (TPSA) is 147 Å².